The fraction of sp³-hybridized carbons (Fsp3) is 0. The number of benzene rings is 2. The Labute approximate surface area is 119 Å². The molecule has 0 radical (unpaired) electrons. The molecule has 0 aliphatic heterocycles. The maximum atomic E-state index is 10.9. The van der Waals surface area contributed by atoms with Crippen molar-refractivity contribution in [3.05, 3.63) is 63.2 Å². The van der Waals surface area contributed by atoms with Gasteiger partial charge in [0.25, 0.3) is 0 Å². The van der Waals surface area contributed by atoms with E-state index >= 15 is 0 Å². The van der Waals surface area contributed by atoms with Gasteiger partial charge in [-0.05, 0) is 24.3 Å². The van der Waals surface area contributed by atoms with Crippen LogP contribution in [0, 0.1) is 15.5 Å². The van der Waals surface area contributed by atoms with Gasteiger partial charge in [0.15, 0.2) is 0 Å². The fourth-order valence-electron chi connectivity index (χ4n) is 1.56. The van der Waals surface area contributed by atoms with Crippen molar-refractivity contribution in [2.45, 2.75) is 0 Å². The molecule has 0 aliphatic rings. The molecular weight excluding hydrogens is 282 g/mol. The summed E-state index contributed by atoms with van der Waals surface area (Å²) in [5, 5.41) is 18.4. The number of halogens is 1. The number of nitro groups is 1. The number of ether oxygens (including phenoxy) is 1. The third-order valence-electron chi connectivity index (χ3n) is 2.52. The molecule has 0 saturated carbocycles. The normalized spacial score (nSPS) is 10.1. The number of nitrogens with zero attached hydrogens (tertiary/aromatic N) is 1. The molecule has 3 N–H and O–H groups in total. The SMILES string of the molecule is N=C(N)c1ccc(Oc2ccccc2[N+](=O)[O-])c(Cl)c1. The largest absolute Gasteiger partial charge is 0.449 e. The smallest absolute Gasteiger partial charge is 0.311 e. The zero-order valence-corrected chi connectivity index (χ0v) is 10.9. The number of nitrogen functional groups attached to an aromatic ring is 1. The topological polar surface area (TPSA) is 102 Å². The van der Waals surface area contributed by atoms with Crippen LogP contribution in [-0.4, -0.2) is 10.8 Å². The molecular formula is C13H10ClN3O3. The third kappa shape index (κ3) is 2.86. The van der Waals surface area contributed by atoms with Gasteiger partial charge in [0.2, 0.25) is 5.75 Å². The minimum atomic E-state index is -0.535. The van der Waals surface area contributed by atoms with Crippen LogP contribution < -0.4 is 10.5 Å². The van der Waals surface area contributed by atoms with Crippen LogP contribution in [0.3, 0.4) is 0 Å². The first-order valence-corrected chi connectivity index (χ1v) is 5.92. The van der Waals surface area contributed by atoms with Gasteiger partial charge in [-0.3, -0.25) is 15.5 Å². The zero-order chi connectivity index (χ0) is 14.7. The molecule has 0 saturated heterocycles. The van der Waals surface area contributed by atoms with Crippen LogP contribution in [-0.2, 0) is 0 Å². The predicted octanol–water partition coefficient (Wildman–Crippen LogP) is 3.32. The van der Waals surface area contributed by atoms with Crippen LogP contribution in [0.2, 0.25) is 5.02 Å². The van der Waals surface area contributed by atoms with Crippen molar-refractivity contribution in [3.63, 3.8) is 0 Å². The number of para-hydroxylation sites is 2. The Kier molecular flexibility index (Phi) is 3.86. The van der Waals surface area contributed by atoms with E-state index in [1.165, 1.54) is 24.3 Å². The molecule has 2 rings (SSSR count). The van der Waals surface area contributed by atoms with E-state index in [1.807, 2.05) is 0 Å². The van der Waals surface area contributed by atoms with Gasteiger partial charge in [0, 0.05) is 11.6 Å². The van der Waals surface area contributed by atoms with Crippen LogP contribution in [0.25, 0.3) is 0 Å². The maximum Gasteiger partial charge on any atom is 0.311 e. The zero-order valence-electron chi connectivity index (χ0n) is 10.2. The van der Waals surface area contributed by atoms with E-state index in [1.54, 1.807) is 18.2 Å². The Morgan fingerprint density at radius 1 is 1.25 bits per heavy atom. The lowest BCUT2D eigenvalue weighted by molar-refractivity contribution is -0.385. The van der Waals surface area contributed by atoms with Gasteiger partial charge < -0.3 is 10.5 Å². The Balaban J connectivity index is 2.36. The van der Waals surface area contributed by atoms with Crippen LogP contribution >= 0.6 is 11.6 Å². The van der Waals surface area contributed by atoms with Gasteiger partial charge >= 0.3 is 5.69 Å². The molecule has 0 amide bonds. The first-order valence-electron chi connectivity index (χ1n) is 5.54. The molecule has 0 spiro atoms. The highest BCUT2D eigenvalue weighted by Gasteiger charge is 2.15. The molecule has 0 fully saturated rings. The quantitative estimate of drug-likeness (QED) is 0.390. The number of nitrogens with one attached hydrogen (secondary N) is 1. The van der Waals surface area contributed by atoms with Gasteiger partial charge in [0.1, 0.15) is 11.6 Å². The summed E-state index contributed by atoms with van der Waals surface area (Å²) in [6.45, 7) is 0. The number of rotatable bonds is 4. The second-order valence-electron chi connectivity index (χ2n) is 3.89. The summed E-state index contributed by atoms with van der Waals surface area (Å²) < 4.78 is 5.45. The molecule has 0 unspecified atom stereocenters. The van der Waals surface area contributed by atoms with E-state index in [0.29, 0.717) is 5.56 Å². The maximum absolute atomic E-state index is 10.9. The second-order valence-corrected chi connectivity index (χ2v) is 4.29. The first-order chi connectivity index (χ1) is 9.49. The van der Waals surface area contributed by atoms with E-state index in [9.17, 15) is 10.1 Å². The van der Waals surface area contributed by atoms with E-state index in [-0.39, 0.29) is 28.0 Å². The van der Waals surface area contributed by atoms with Crippen molar-refractivity contribution in [1.29, 1.82) is 5.41 Å². The van der Waals surface area contributed by atoms with Crippen LogP contribution in [0.1, 0.15) is 5.56 Å². The number of nitro benzene ring substituents is 1. The molecule has 2 aromatic carbocycles. The van der Waals surface area contributed by atoms with Crippen LogP contribution in [0.4, 0.5) is 5.69 Å². The highest BCUT2D eigenvalue weighted by atomic mass is 35.5. The van der Waals surface area contributed by atoms with Crippen molar-refractivity contribution in [2.75, 3.05) is 0 Å². The van der Waals surface area contributed by atoms with E-state index < -0.39 is 4.92 Å². The minimum Gasteiger partial charge on any atom is -0.449 e. The van der Waals surface area contributed by atoms with Crippen molar-refractivity contribution in [3.8, 4) is 11.5 Å². The number of amidine groups is 1. The van der Waals surface area contributed by atoms with Gasteiger partial charge in [0.05, 0.1) is 9.95 Å². The Morgan fingerprint density at radius 3 is 2.55 bits per heavy atom. The van der Waals surface area contributed by atoms with E-state index in [4.69, 9.17) is 27.5 Å². The van der Waals surface area contributed by atoms with Gasteiger partial charge in [-0.15, -0.1) is 0 Å². The van der Waals surface area contributed by atoms with Crippen molar-refractivity contribution >= 4 is 23.1 Å². The molecule has 0 heterocycles. The van der Waals surface area contributed by atoms with Crippen molar-refractivity contribution in [2.24, 2.45) is 5.73 Å². The van der Waals surface area contributed by atoms with Crippen LogP contribution in [0.5, 0.6) is 11.5 Å². The third-order valence-corrected chi connectivity index (χ3v) is 2.82. The molecule has 0 aromatic heterocycles. The van der Waals surface area contributed by atoms with E-state index in [2.05, 4.69) is 0 Å². The Bertz CT molecular complexity index is 688. The fourth-order valence-corrected chi connectivity index (χ4v) is 1.78. The summed E-state index contributed by atoms with van der Waals surface area (Å²) in [6, 6.07) is 10.5. The lowest BCUT2D eigenvalue weighted by atomic mass is 10.2. The van der Waals surface area contributed by atoms with E-state index in [0.717, 1.165) is 0 Å². The highest BCUT2D eigenvalue weighted by molar-refractivity contribution is 6.32. The number of hydrogen-bond donors (Lipinski definition) is 2. The summed E-state index contributed by atoms with van der Waals surface area (Å²) in [5.41, 5.74) is 5.64. The van der Waals surface area contributed by atoms with Gasteiger partial charge in [-0.2, -0.15) is 0 Å². The molecule has 0 atom stereocenters. The predicted molar refractivity (Wildman–Crippen MR) is 75.6 cm³/mol. The average molecular weight is 292 g/mol. The number of hydrogen-bond acceptors (Lipinski definition) is 4. The molecule has 2 aromatic rings. The van der Waals surface area contributed by atoms with Crippen molar-refractivity contribution < 1.29 is 9.66 Å². The molecule has 7 heteroatoms. The summed E-state index contributed by atoms with van der Waals surface area (Å²) in [6.07, 6.45) is 0. The van der Waals surface area contributed by atoms with Gasteiger partial charge in [-0.25, -0.2) is 0 Å². The summed E-state index contributed by atoms with van der Waals surface area (Å²) >= 11 is 6.01. The van der Waals surface area contributed by atoms with Crippen molar-refractivity contribution in [1.82, 2.24) is 0 Å². The standard InChI is InChI=1S/C13H10ClN3O3/c14-9-7-8(13(15)16)5-6-11(9)20-12-4-2-1-3-10(12)17(18)19/h1-7H,(H3,15,16). The Hall–Kier alpha value is -2.60. The van der Waals surface area contributed by atoms with Crippen LogP contribution in [0.15, 0.2) is 42.5 Å². The number of nitrogens with two attached hydrogens (primary N) is 1. The second kappa shape index (κ2) is 5.58. The minimum absolute atomic E-state index is 0.0926. The lowest BCUT2D eigenvalue weighted by Crippen LogP contribution is -2.10. The summed E-state index contributed by atoms with van der Waals surface area (Å²) in [5.74, 6) is 0.227. The molecule has 102 valence electrons. The molecule has 0 bridgehead atoms. The molecule has 0 aliphatic carbocycles. The summed E-state index contributed by atoms with van der Waals surface area (Å²) in [7, 11) is 0. The average Bonchev–Trinajstić information content (AvgIpc) is 2.41. The Morgan fingerprint density at radius 2 is 1.95 bits per heavy atom. The monoisotopic (exact) mass is 291 g/mol. The first kappa shape index (κ1) is 13.8. The summed E-state index contributed by atoms with van der Waals surface area (Å²) in [4.78, 5) is 10.4. The molecule has 20 heavy (non-hydrogen) atoms. The van der Waals surface area contributed by atoms with Gasteiger partial charge in [-0.1, -0.05) is 23.7 Å². The highest BCUT2D eigenvalue weighted by Crippen LogP contribution is 2.34. The lowest BCUT2D eigenvalue weighted by Gasteiger charge is -2.09. The molecule has 6 nitrogen and oxygen atoms in total.